The first-order chi connectivity index (χ1) is 13.5. The smallest absolute Gasteiger partial charge is 0.137 e. The van der Waals surface area contributed by atoms with Gasteiger partial charge in [-0.3, -0.25) is 0 Å². The number of aliphatic imine (C=N–C) groups is 1. The van der Waals surface area contributed by atoms with Gasteiger partial charge in [0.1, 0.15) is 11.6 Å². The number of methoxy groups -OCH3 is 1. The van der Waals surface area contributed by atoms with Crippen LogP contribution < -0.4 is 9.82 Å². The van der Waals surface area contributed by atoms with Gasteiger partial charge in [-0.15, -0.1) is 0 Å². The fraction of sp³-hybridized carbons (Fsp3) is 0.480. The average molecular weight is 413 g/mol. The molecule has 0 aromatic heterocycles. The molecule has 0 saturated carbocycles. The Bertz CT molecular complexity index is 846. The van der Waals surface area contributed by atoms with E-state index in [9.17, 15) is 0 Å². The number of hydrogen-bond acceptors (Lipinski definition) is 2. The van der Waals surface area contributed by atoms with Crippen LogP contribution in [0.2, 0.25) is 0 Å². The topological polar surface area (TPSA) is 33.6 Å². The van der Waals surface area contributed by atoms with Crippen molar-refractivity contribution in [2.24, 2.45) is 4.99 Å². The second kappa shape index (κ2) is 9.76. The summed E-state index contributed by atoms with van der Waals surface area (Å²) < 4.78 is 5.58. The average Bonchev–Trinajstić information content (AvgIpc) is 2.59. The van der Waals surface area contributed by atoms with Gasteiger partial charge in [-0.05, 0) is 88.4 Å². The summed E-state index contributed by atoms with van der Waals surface area (Å²) in [6, 6.07) is 8.79. The summed E-state index contributed by atoms with van der Waals surface area (Å²) in [6.45, 7) is 19.8. The Kier molecular flexibility index (Phi) is 7.88. The van der Waals surface area contributed by atoms with E-state index in [1.165, 1.54) is 16.7 Å². The molecule has 0 radical (unpaired) electrons. The fourth-order valence-corrected chi connectivity index (χ4v) is 6.13. The van der Waals surface area contributed by atoms with Crippen LogP contribution in [0.25, 0.3) is 0 Å². The molecule has 4 heteroatoms. The van der Waals surface area contributed by atoms with Crippen molar-refractivity contribution in [3.8, 4) is 5.75 Å². The standard InChI is InChI=1S/C25H37N2OP/c1-15(2)29(16(3)4)27-25(22-13-20(8)24(28-10)21(9)14-22)26-23-18(6)11-17(5)12-19(23)7/h11-16H,1-10H3,(H,26,27). The number of amidine groups is 1. The van der Waals surface area contributed by atoms with Crippen LogP contribution >= 0.6 is 8.07 Å². The highest BCUT2D eigenvalue weighted by Gasteiger charge is 2.21. The molecule has 0 spiro atoms. The van der Waals surface area contributed by atoms with Gasteiger partial charge in [0.25, 0.3) is 0 Å². The Hall–Kier alpha value is -1.86. The van der Waals surface area contributed by atoms with Gasteiger partial charge in [-0.2, -0.15) is 0 Å². The highest BCUT2D eigenvalue weighted by Crippen LogP contribution is 2.42. The van der Waals surface area contributed by atoms with Crippen molar-refractivity contribution in [3.63, 3.8) is 0 Å². The maximum absolute atomic E-state index is 5.58. The minimum atomic E-state index is -0.406. The zero-order chi connectivity index (χ0) is 21.9. The van der Waals surface area contributed by atoms with Crippen LogP contribution in [0.4, 0.5) is 5.69 Å². The summed E-state index contributed by atoms with van der Waals surface area (Å²) in [5.41, 5.74) is 9.27. The predicted molar refractivity (Wildman–Crippen MR) is 130 cm³/mol. The second-order valence-electron chi connectivity index (χ2n) is 8.56. The molecule has 158 valence electrons. The Morgan fingerprint density at radius 3 is 1.72 bits per heavy atom. The lowest BCUT2D eigenvalue weighted by Gasteiger charge is -2.28. The molecule has 0 amide bonds. The largest absolute Gasteiger partial charge is 0.496 e. The van der Waals surface area contributed by atoms with Crippen LogP contribution in [0.15, 0.2) is 29.3 Å². The Labute approximate surface area is 178 Å². The van der Waals surface area contributed by atoms with Crippen LogP contribution in [0.3, 0.4) is 0 Å². The third kappa shape index (κ3) is 5.60. The van der Waals surface area contributed by atoms with E-state index in [-0.39, 0.29) is 0 Å². The quantitative estimate of drug-likeness (QED) is 0.311. The molecule has 0 aliphatic heterocycles. The first-order valence-corrected chi connectivity index (χ1v) is 11.9. The van der Waals surface area contributed by atoms with E-state index in [4.69, 9.17) is 9.73 Å². The van der Waals surface area contributed by atoms with E-state index >= 15 is 0 Å². The molecule has 0 fully saturated rings. The Balaban J connectivity index is 2.67. The van der Waals surface area contributed by atoms with Gasteiger partial charge in [0, 0.05) is 5.56 Å². The maximum Gasteiger partial charge on any atom is 0.137 e. The van der Waals surface area contributed by atoms with Crippen molar-refractivity contribution < 1.29 is 4.74 Å². The van der Waals surface area contributed by atoms with Gasteiger partial charge in [0.05, 0.1) is 12.8 Å². The molecule has 1 N–H and O–H groups in total. The molecular weight excluding hydrogens is 375 g/mol. The van der Waals surface area contributed by atoms with Crippen molar-refractivity contribution in [2.45, 2.75) is 73.6 Å². The van der Waals surface area contributed by atoms with Gasteiger partial charge < -0.3 is 9.82 Å². The van der Waals surface area contributed by atoms with Crippen LogP contribution in [0.1, 0.15) is 61.1 Å². The summed E-state index contributed by atoms with van der Waals surface area (Å²) in [5, 5.41) is 3.85. The molecule has 0 aliphatic carbocycles. The van der Waals surface area contributed by atoms with Gasteiger partial charge in [0.15, 0.2) is 0 Å². The summed E-state index contributed by atoms with van der Waals surface area (Å²) in [7, 11) is 1.33. The summed E-state index contributed by atoms with van der Waals surface area (Å²) in [6.07, 6.45) is 0. The number of nitrogens with zero attached hydrogens (tertiary/aromatic N) is 1. The highest BCUT2D eigenvalue weighted by molar-refractivity contribution is 7.57. The van der Waals surface area contributed by atoms with Crippen molar-refractivity contribution >= 4 is 19.6 Å². The second-order valence-corrected chi connectivity index (χ2v) is 11.7. The number of nitrogens with one attached hydrogen (secondary N) is 1. The lowest BCUT2D eigenvalue weighted by Crippen LogP contribution is -2.26. The van der Waals surface area contributed by atoms with Gasteiger partial charge in [0.2, 0.25) is 0 Å². The number of benzene rings is 2. The minimum Gasteiger partial charge on any atom is -0.496 e. The molecule has 0 bridgehead atoms. The number of hydrogen-bond donors (Lipinski definition) is 1. The molecule has 2 rings (SSSR count). The van der Waals surface area contributed by atoms with Crippen molar-refractivity contribution in [1.29, 1.82) is 0 Å². The van der Waals surface area contributed by atoms with Crippen LogP contribution in [-0.2, 0) is 0 Å². The fourth-order valence-electron chi connectivity index (χ4n) is 4.00. The zero-order valence-corrected chi connectivity index (χ0v) is 20.7. The first kappa shape index (κ1) is 23.4. The van der Waals surface area contributed by atoms with Crippen molar-refractivity contribution in [3.05, 3.63) is 57.6 Å². The van der Waals surface area contributed by atoms with E-state index in [0.717, 1.165) is 34.0 Å². The van der Waals surface area contributed by atoms with E-state index in [0.29, 0.717) is 11.3 Å². The summed E-state index contributed by atoms with van der Waals surface area (Å²) >= 11 is 0. The molecule has 0 atom stereocenters. The van der Waals surface area contributed by atoms with E-state index in [2.05, 4.69) is 91.7 Å². The lowest BCUT2D eigenvalue weighted by molar-refractivity contribution is 0.408. The van der Waals surface area contributed by atoms with Crippen LogP contribution in [0, 0.1) is 34.6 Å². The van der Waals surface area contributed by atoms with E-state index in [1.807, 2.05) is 0 Å². The monoisotopic (exact) mass is 412 g/mol. The molecule has 0 aliphatic rings. The lowest BCUT2D eigenvalue weighted by atomic mass is 10.0. The molecule has 2 aromatic carbocycles. The van der Waals surface area contributed by atoms with Crippen LogP contribution in [0.5, 0.6) is 5.75 Å². The van der Waals surface area contributed by atoms with Crippen molar-refractivity contribution in [2.75, 3.05) is 7.11 Å². The molecule has 3 nitrogen and oxygen atoms in total. The molecule has 2 aromatic rings. The summed E-state index contributed by atoms with van der Waals surface area (Å²) in [4.78, 5) is 5.19. The zero-order valence-electron chi connectivity index (χ0n) is 19.8. The molecule has 0 saturated heterocycles. The van der Waals surface area contributed by atoms with E-state index < -0.39 is 8.07 Å². The van der Waals surface area contributed by atoms with Crippen LogP contribution in [-0.4, -0.2) is 24.3 Å². The van der Waals surface area contributed by atoms with E-state index in [1.54, 1.807) is 7.11 Å². The molecule has 0 heterocycles. The Morgan fingerprint density at radius 1 is 0.828 bits per heavy atom. The van der Waals surface area contributed by atoms with Gasteiger partial charge in [-0.1, -0.05) is 45.4 Å². The Morgan fingerprint density at radius 2 is 1.31 bits per heavy atom. The molecule has 29 heavy (non-hydrogen) atoms. The molecule has 0 unspecified atom stereocenters. The van der Waals surface area contributed by atoms with Gasteiger partial charge >= 0.3 is 0 Å². The third-order valence-corrected chi connectivity index (χ3v) is 7.84. The predicted octanol–water partition coefficient (Wildman–Crippen LogP) is 7.12. The molecular formula is C25H37N2OP. The number of aryl methyl sites for hydroxylation is 5. The first-order valence-electron chi connectivity index (χ1n) is 10.4. The van der Waals surface area contributed by atoms with Crippen molar-refractivity contribution in [1.82, 2.24) is 5.09 Å². The normalized spacial score (nSPS) is 12.2. The number of ether oxygens (including phenoxy) is 1. The summed E-state index contributed by atoms with van der Waals surface area (Å²) in [5.74, 6) is 1.91. The van der Waals surface area contributed by atoms with Gasteiger partial charge in [-0.25, -0.2) is 4.99 Å². The minimum absolute atomic E-state index is 0.406. The highest BCUT2D eigenvalue weighted by atomic mass is 31.1. The maximum atomic E-state index is 5.58. The third-order valence-electron chi connectivity index (χ3n) is 5.14. The number of rotatable bonds is 6. The SMILES string of the molecule is COc1c(C)cc(C(=Nc2c(C)cc(C)cc2C)NP(C(C)C)C(C)C)cc1C.